The molecule has 0 saturated heterocycles. The molecule has 2 bridgehead atoms. The molecule has 2 N–H and O–H groups in total. The van der Waals surface area contributed by atoms with Crippen molar-refractivity contribution < 1.29 is 15.0 Å². The predicted molar refractivity (Wildman–Crippen MR) is 88.9 cm³/mol. The van der Waals surface area contributed by atoms with Crippen LogP contribution in [0.5, 0.6) is 0 Å². The molecule has 5 rings (SSSR count). The van der Waals surface area contributed by atoms with Crippen molar-refractivity contribution in [3.05, 3.63) is 0 Å². The van der Waals surface area contributed by atoms with Crippen LogP contribution in [0.4, 0.5) is 0 Å². The van der Waals surface area contributed by atoms with E-state index in [1.54, 1.807) is 0 Å². The smallest absolute Gasteiger partial charge is 0.309 e. The van der Waals surface area contributed by atoms with E-state index in [9.17, 15) is 15.0 Å². The van der Waals surface area contributed by atoms with Crippen molar-refractivity contribution in [3.8, 4) is 0 Å². The molecule has 3 heteroatoms. The van der Waals surface area contributed by atoms with Crippen molar-refractivity contribution in [2.24, 2.45) is 34.0 Å². The van der Waals surface area contributed by atoms with E-state index in [4.69, 9.17) is 0 Å². The number of rotatable bonds is 1. The van der Waals surface area contributed by atoms with Crippen LogP contribution < -0.4 is 0 Å². The number of hydrogen-bond acceptors (Lipinski definition) is 2. The Hall–Kier alpha value is -0.570. The Balaban J connectivity index is 1.74. The molecule has 7 unspecified atom stereocenters. The summed E-state index contributed by atoms with van der Waals surface area (Å²) in [6.45, 7) is 6.46. The quantitative estimate of drug-likeness (QED) is 0.760. The van der Waals surface area contributed by atoms with Crippen molar-refractivity contribution in [2.45, 2.75) is 84.2 Å². The standard InChI is InChI=1S/C20H32O3/c1-17-7-4-8-18(2,16(21)22)14(17)6-10-20-9-5-13(11-15(17)20)19(3,23)12-20/h13-15,23H,4-12H2,1-3H3,(H,21,22). The van der Waals surface area contributed by atoms with E-state index in [2.05, 4.69) is 6.92 Å². The van der Waals surface area contributed by atoms with Crippen molar-refractivity contribution in [3.63, 3.8) is 0 Å². The zero-order chi connectivity index (χ0) is 16.7. The van der Waals surface area contributed by atoms with Crippen molar-refractivity contribution in [2.75, 3.05) is 0 Å². The lowest BCUT2D eigenvalue weighted by Gasteiger charge is -2.69. The minimum atomic E-state index is -0.586. The monoisotopic (exact) mass is 320 g/mol. The third kappa shape index (κ3) is 1.89. The molecule has 7 atom stereocenters. The first-order valence-corrected chi connectivity index (χ1v) is 9.60. The zero-order valence-corrected chi connectivity index (χ0v) is 14.9. The highest BCUT2D eigenvalue weighted by atomic mass is 16.4. The van der Waals surface area contributed by atoms with E-state index in [0.29, 0.717) is 17.8 Å². The van der Waals surface area contributed by atoms with Crippen molar-refractivity contribution >= 4 is 5.97 Å². The maximum atomic E-state index is 12.1. The van der Waals surface area contributed by atoms with E-state index in [1.807, 2.05) is 13.8 Å². The van der Waals surface area contributed by atoms with Crippen molar-refractivity contribution in [1.29, 1.82) is 0 Å². The zero-order valence-electron chi connectivity index (χ0n) is 14.9. The molecule has 0 aromatic heterocycles. The van der Waals surface area contributed by atoms with Crippen LogP contribution in [0.15, 0.2) is 0 Å². The number of hydrogen-bond donors (Lipinski definition) is 2. The lowest BCUT2D eigenvalue weighted by Crippen LogP contribution is -2.65. The lowest BCUT2D eigenvalue weighted by atomic mass is 9.36. The van der Waals surface area contributed by atoms with Crippen LogP contribution in [-0.2, 0) is 4.79 Å². The Labute approximate surface area is 139 Å². The van der Waals surface area contributed by atoms with Crippen LogP contribution in [-0.4, -0.2) is 21.8 Å². The third-order valence-corrected chi connectivity index (χ3v) is 9.03. The summed E-state index contributed by atoms with van der Waals surface area (Å²) in [5, 5.41) is 20.8. The molecule has 5 aliphatic rings. The first-order valence-electron chi connectivity index (χ1n) is 9.60. The van der Waals surface area contributed by atoms with Gasteiger partial charge in [0.15, 0.2) is 0 Å². The normalized spacial score (nSPS) is 58.3. The number of aliphatic carboxylic acids is 1. The summed E-state index contributed by atoms with van der Waals surface area (Å²) in [6.07, 6.45) is 9.72. The summed E-state index contributed by atoms with van der Waals surface area (Å²) < 4.78 is 0. The summed E-state index contributed by atoms with van der Waals surface area (Å²) in [5.41, 5.74) is -0.615. The first kappa shape index (κ1) is 15.9. The number of carbonyl (C=O) groups is 1. The maximum Gasteiger partial charge on any atom is 0.309 e. The summed E-state index contributed by atoms with van der Waals surface area (Å²) in [4.78, 5) is 12.1. The van der Waals surface area contributed by atoms with E-state index in [0.717, 1.165) is 38.5 Å². The highest BCUT2D eigenvalue weighted by Gasteiger charge is 2.67. The second kappa shape index (κ2) is 4.53. The van der Waals surface area contributed by atoms with Gasteiger partial charge in [-0.3, -0.25) is 4.79 Å². The fraction of sp³-hybridized carbons (Fsp3) is 0.950. The fourth-order valence-electron chi connectivity index (χ4n) is 7.94. The molecule has 0 amide bonds. The van der Waals surface area contributed by atoms with E-state index in [-0.39, 0.29) is 10.8 Å². The molecule has 5 aliphatic carbocycles. The van der Waals surface area contributed by atoms with Gasteiger partial charge in [-0.25, -0.2) is 0 Å². The Morgan fingerprint density at radius 3 is 2.35 bits per heavy atom. The molecular weight excluding hydrogens is 288 g/mol. The van der Waals surface area contributed by atoms with Crippen LogP contribution in [0.25, 0.3) is 0 Å². The van der Waals surface area contributed by atoms with Crippen LogP contribution >= 0.6 is 0 Å². The number of carboxylic acids is 1. The van der Waals surface area contributed by atoms with Gasteiger partial charge in [0.2, 0.25) is 0 Å². The lowest BCUT2D eigenvalue weighted by molar-refractivity contribution is -0.233. The van der Waals surface area contributed by atoms with Gasteiger partial charge in [0, 0.05) is 0 Å². The van der Waals surface area contributed by atoms with Crippen molar-refractivity contribution in [1.82, 2.24) is 0 Å². The van der Waals surface area contributed by atoms with E-state index >= 15 is 0 Å². The van der Waals surface area contributed by atoms with Gasteiger partial charge in [-0.2, -0.15) is 0 Å². The molecule has 5 saturated carbocycles. The highest BCUT2D eigenvalue weighted by molar-refractivity contribution is 5.75. The molecular formula is C20H32O3. The van der Waals surface area contributed by atoms with Crippen LogP contribution in [0, 0.1) is 34.0 Å². The molecule has 0 heterocycles. The third-order valence-electron chi connectivity index (χ3n) is 9.03. The van der Waals surface area contributed by atoms with Crippen LogP contribution in [0.1, 0.15) is 78.6 Å². The minimum absolute atomic E-state index is 0.152. The molecule has 0 radical (unpaired) electrons. The Kier molecular flexibility index (Phi) is 3.14. The molecule has 1 spiro atoms. The van der Waals surface area contributed by atoms with Crippen LogP contribution in [0.2, 0.25) is 0 Å². The van der Waals surface area contributed by atoms with Gasteiger partial charge in [0.25, 0.3) is 0 Å². The Bertz CT molecular complexity index is 541. The average Bonchev–Trinajstić information content (AvgIpc) is 2.45. The summed E-state index contributed by atoms with van der Waals surface area (Å²) in [5.74, 6) is 0.758. The maximum absolute atomic E-state index is 12.1. The van der Waals surface area contributed by atoms with E-state index in [1.165, 1.54) is 19.3 Å². The van der Waals surface area contributed by atoms with Gasteiger partial charge in [-0.05, 0) is 93.8 Å². The number of carboxylic acid groups (broad SMARTS) is 1. The number of aliphatic hydroxyl groups is 1. The molecule has 130 valence electrons. The van der Waals surface area contributed by atoms with E-state index < -0.39 is 17.0 Å². The summed E-state index contributed by atoms with van der Waals surface area (Å²) >= 11 is 0. The number of fused-ring (bicyclic) bond motifs is 3. The SMILES string of the molecule is CC1(O)CC23CCC1CC2C1(C)CCCC(C)(C(=O)O)C1CC3. The average molecular weight is 320 g/mol. The van der Waals surface area contributed by atoms with Gasteiger partial charge < -0.3 is 10.2 Å². The largest absolute Gasteiger partial charge is 0.481 e. The molecule has 0 aromatic rings. The fourth-order valence-corrected chi connectivity index (χ4v) is 7.94. The summed E-state index contributed by atoms with van der Waals surface area (Å²) in [6, 6.07) is 0. The topological polar surface area (TPSA) is 57.5 Å². The molecule has 0 aliphatic heterocycles. The molecule has 0 aromatic carbocycles. The van der Waals surface area contributed by atoms with Gasteiger partial charge >= 0.3 is 5.97 Å². The molecule has 23 heavy (non-hydrogen) atoms. The Morgan fingerprint density at radius 2 is 1.70 bits per heavy atom. The highest BCUT2D eigenvalue weighted by Crippen LogP contribution is 2.72. The predicted octanol–water partition coefficient (Wildman–Crippen LogP) is 4.23. The van der Waals surface area contributed by atoms with Gasteiger partial charge in [-0.15, -0.1) is 0 Å². The van der Waals surface area contributed by atoms with Gasteiger partial charge in [0.05, 0.1) is 11.0 Å². The minimum Gasteiger partial charge on any atom is -0.481 e. The molecule has 5 fully saturated rings. The Morgan fingerprint density at radius 1 is 1.00 bits per heavy atom. The molecule has 3 nitrogen and oxygen atoms in total. The summed E-state index contributed by atoms with van der Waals surface area (Å²) in [7, 11) is 0. The van der Waals surface area contributed by atoms with Gasteiger partial charge in [0.1, 0.15) is 0 Å². The van der Waals surface area contributed by atoms with Crippen LogP contribution in [0.3, 0.4) is 0 Å². The second-order valence-electron chi connectivity index (χ2n) is 10.1. The second-order valence-corrected chi connectivity index (χ2v) is 10.1. The first-order chi connectivity index (χ1) is 10.6. The van der Waals surface area contributed by atoms with Gasteiger partial charge in [-0.1, -0.05) is 13.3 Å².